The summed E-state index contributed by atoms with van der Waals surface area (Å²) in [6.45, 7) is 0.653. The van der Waals surface area contributed by atoms with E-state index in [1.807, 2.05) is 0 Å². The summed E-state index contributed by atoms with van der Waals surface area (Å²) in [6, 6.07) is 13.0. The van der Waals surface area contributed by atoms with E-state index in [9.17, 15) is 19.7 Å². The minimum atomic E-state index is -0.628. The Morgan fingerprint density at radius 2 is 2.10 bits per heavy atom. The summed E-state index contributed by atoms with van der Waals surface area (Å²) in [5, 5.41) is 22.2. The van der Waals surface area contributed by atoms with Crippen LogP contribution in [-0.2, 0) is 11.3 Å². The van der Waals surface area contributed by atoms with Gasteiger partial charge in [0.2, 0.25) is 5.91 Å². The number of nitro benzene ring substituents is 1. The summed E-state index contributed by atoms with van der Waals surface area (Å²) in [6.07, 6.45) is 1.59. The zero-order chi connectivity index (χ0) is 22.2. The van der Waals surface area contributed by atoms with Crippen molar-refractivity contribution in [1.29, 1.82) is 5.26 Å². The first-order valence-corrected chi connectivity index (χ1v) is 9.65. The van der Waals surface area contributed by atoms with Gasteiger partial charge in [-0.1, -0.05) is 6.07 Å². The molecule has 3 rings (SSSR count). The van der Waals surface area contributed by atoms with Crippen LogP contribution in [0.2, 0.25) is 0 Å². The number of nitrogens with zero attached hydrogens (tertiary/aromatic N) is 3. The van der Waals surface area contributed by atoms with Crippen LogP contribution in [0.4, 0.5) is 11.4 Å². The van der Waals surface area contributed by atoms with Crippen molar-refractivity contribution in [2.75, 3.05) is 11.9 Å². The molecule has 0 atom stereocenters. The summed E-state index contributed by atoms with van der Waals surface area (Å²) in [7, 11) is 0. The fourth-order valence-corrected chi connectivity index (χ4v) is 3.01. The third-order valence-electron chi connectivity index (χ3n) is 4.47. The molecule has 160 valence electrons. The number of benzene rings is 2. The average molecular weight is 424 g/mol. The molecular weight excluding hydrogens is 404 g/mol. The molecule has 10 nitrogen and oxygen atoms in total. The number of nitriles is 1. The first-order valence-electron chi connectivity index (χ1n) is 9.65. The predicted molar refractivity (Wildman–Crippen MR) is 112 cm³/mol. The second-order valence-electron chi connectivity index (χ2n) is 6.72. The van der Waals surface area contributed by atoms with Gasteiger partial charge in [-0.2, -0.15) is 5.26 Å². The smallest absolute Gasteiger partial charge is 0.419 e. The molecule has 2 aromatic carbocycles. The zero-order valence-corrected chi connectivity index (χ0v) is 16.6. The fraction of sp³-hybridized carbons (Fsp3) is 0.286. The number of nitrogens with one attached hydrogen (secondary N) is 1. The van der Waals surface area contributed by atoms with Crippen molar-refractivity contribution in [3.05, 3.63) is 63.1 Å². The fourth-order valence-electron chi connectivity index (χ4n) is 3.01. The van der Waals surface area contributed by atoms with Crippen LogP contribution in [-0.4, -0.2) is 22.0 Å². The number of rotatable bonds is 10. The number of aromatic nitrogens is 1. The summed E-state index contributed by atoms with van der Waals surface area (Å²) in [5.41, 5.74) is 0.998. The molecule has 1 heterocycles. The number of unbranched alkanes of at least 4 members (excludes halogenated alkanes) is 1. The van der Waals surface area contributed by atoms with Gasteiger partial charge in [-0.3, -0.25) is 19.5 Å². The van der Waals surface area contributed by atoms with E-state index in [1.54, 1.807) is 24.3 Å². The number of fused-ring (bicyclic) bond motifs is 1. The molecule has 0 saturated heterocycles. The second kappa shape index (κ2) is 10.1. The molecule has 10 heteroatoms. The van der Waals surface area contributed by atoms with Crippen molar-refractivity contribution in [3.8, 4) is 11.8 Å². The minimum absolute atomic E-state index is 0.134. The van der Waals surface area contributed by atoms with Gasteiger partial charge in [0.15, 0.2) is 5.58 Å². The Labute approximate surface area is 176 Å². The predicted octanol–water partition coefficient (Wildman–Crippen LogP) is 3.60. The van der Waals surface area contributed by atoms with Gasteiger partial charge in [0.05, 0.1) is 29.2 Å². The number of hydrogen-bond acceptors (Lipinski definition) is 7. The highest BCUT2D eigenvalue weighted by atomic mass is 16.6. The molecule has 0 spiro atoms. The van der Waals surface area contributed by atoms with Gasteiger partial charge < -0.3 is 14.5 Å². The normalized spacial score (nSPS) is 10.5. The van der Waals surface area contributed by atoms with E-state index in [0.717, 1.165) is 0 Å². The van der Waals surface area contributed by atoms with Crippen molar-refractivity contribution in [2.45, 2.75) is 32.2 Å². The van der Waals surface area contributed by atoms with Crippen LogP contribution in [0.3, 0.4) is 0 Å². The van der Waals surface area contributed by atoms with Gasteiger partial charge in [0.25, 0.3) is 5.69 Å². The highest BCUT2D eigenvalue weighted by Crippen LogP contribution is 2.21. The van der Waals surface area contributed by atoms with Gasteiger partial charge in [0, 0.05) is 37.2 Å². The molecular formula is C21H20N4O6. The number of amides is 1. The lowest BCUT2D eigenvalue weighted by Crippen LogP contribution is -2.17. The van der Waals surface area contributed by atoms with Crippen LogP contribution < -0.4 is 15.8 Å². The Morgan fingerprint density at radius 3 is 2.87 bits per heavy atom. The molecule has 1 N–H and O–H groups in total. The highest BCUT2D eigenvalue weighted by Gasteiger charge is 2.14. The molecule has 0 unspecified atom stereocenters. The van der Waals surface area contributed by atoms with Crippen LogP contribution in [0.15, 0.2) is 51.7 Å². The number of non-ortho nitro benzene ring substituents is 1. The van der Waals surface area contributed by atoms with Crippen molar-refractivity contribution >= 4 is 28.4 Å². The summed E-state index contributed by atoms with van der Waals surface area (Å²) >= 11 is 0. The third-order valence-corrected chi connectivity index (χ3v) is 4.47. The number of nitro groups is 1. The van der Waals surface area contributed by atoms with Gasteiger partial charge in [-0.15, -0.1) is 0 Å². The van der Waals surface area contributed by atoms with Crippen molar-refractivity contribution < 1.29 is 18.9 Å². The first kappa shape index (κ1) is 21.6. The summed E-state index contributed by atoms with van der Waals surface area (Å²) in [4.78, 5) is 34.6. The van der Waals surface area contributed by atoms with Crippen LogP contribution in [0, 0.1) is 21.4 Å². The molecule has 0 radical (unpaired) electrons. The lowest BCUT2D eigenvalue weighted by Gasteiger charge is -2.09. The summed E-state index contributed by atoms with van der Waals surface area (Å²) in [5.74, 6) is -0.253. The van der Waals surface area contributed by atoms with E-state index in [4.69, 9.17) is 14.4 Å². The van der Waals surface area contributed by atoms with Crippen LogP contribution >= 0.6 is 0 Å². The third kappa shape index (κ3) is 5.70. The first-order chi connectivity index (χ1) is 15.0. The Bertz CT molecular complexity index is 1190. The maximum absolute atomic E-state index is 12.2. The number of anilines is 1. The number of ether oxygens (including phenoxy) is 1. The molecule has 0 aliphatic heterocycles. The number of aryl methyl sites for hydroxylation is 1. The Balaban J connectivity index is 1.54. The Hall–Kier alpha value is -4.13. The SMILES string of the molecule is N#CCCCOc1cccc(NC(=O)CCCn2c(=O)oc3cc([N+](=O)[O-])ccc32)c1. The topological polar surface area (TPSA) is 140 Å². The van der Waals surface area contributed by atoms with Crippen molar-refractivity contribution in [3.63, 3.8) is 0 Å². The molecule has 0 bridgehead atoms. The van der Waals surface area contributed by atoms with Crippen LogP contribution in [0.25, 0.3) is 11.1 Å². The lowest BCUT2D eigenvalue weighted by atomic mass is 10.2. The Kier molecular flexibility index (Phi) is 7.01. The standard InChI is InChI=1S/C21H20N4O6/c22-10-1-2-12-30-17-6-3-5-15(13-17)23-20(26)7-4-11-24-18-9-8-16(25(28)29)14-19(18)31-21(24)27/h3,5-6,8-9,13-14H,1-2,4,7,11-12H2,(H,23,26). The number of carbonyl (C=O) groups is 1. The molecule has 3 aromatic rings. The van der Waals surface area contributed by atoms with E-state index >= 15 is 0 Å². The van der Waals surface area contributed by atoms with Gasteiger partial charge in [0.1, 0.15) is 5.75 Å². The van der Waals surface area contributed by atoms with E-state index in [0.29, 0.717) is 42.8 Å². The second-order valence-corrected chi connectivity index (χ2v) is 6.72. The average Bonchev–Trinajstić information content (AvgIpc) is 3.06. The van der Waals surface area contributed by atoms with Crippen molar-refractivity contribution in [1.82, 2.24) is 4.57 Å². The molecule has 0 fully saturated rings. The van der Waals surface area contributed by atoms with E-state index in [2.05, 4.69) is 11.4 Å². The number of hydrogen-bond donors (Lipinski definition) is 1. The molecule has 0 aliphatic carbocycles. The largest absolute Gasteiger partial charge is 0.493 e. The van der Waals surface area contributed by atoms with Crippen molar-refractivity contribution in [2.24, 2.45) is 0 Å². The van der Waals surface area contributed by atoms with Crippen LogP contribution in [0.1, 0.15) is 25.7 Å². The van der Waals surface area contributed by atoms with Gasteiger partial charge in [-0.25, -0.2) is 4.79 Å². The van der Waals surface area contributed by atoms with Gasteiger partial charge in [-0.05, 0) is 31.0 Å². The Morgan fingerprint density at radius 1 is 1.26 bits per heavy atom. The number of oxazole rings is 1. The molecule has 31 heavy (non-hydrogen) atoms. The highest BCUT2D eigenvalue weighted by molar-refractivity contribution is 5.90. The van der Waals surface area contributed by atoms with Crippen LogP contribution in [0.5, 0.6) is 5.75 Å². The molecule has 0 aliphatic rings. The lowest BCUT2D eigenvalue weighted by molar-refractivity contribution is -0.384. The van der Waals surface area contributed by atoms with E-state index in [-0.39, 0.29) is 30.1 Å². The number of carbonyl (C=O) groups excluding carboxylic acids is 1. The minimum Gasteiger partial charge on any atom is -0.493 e. The molecule has 1 amide bonds. The maximum Gasteiger partial charge on any atom is 0.419 e. The van der Waals surface area contributed by atoms with E-state index in [1.165, 1.54) is 22.8 Å². The summed E-state index contributed by atoms with van der Waals surface area (Å²) < 4.78 is 12.0. The van der Waals surface area contributed by atoms with E-state index < -0.39 is 10.7 Å². The quantitative estimate of drug-likeness (QED) is 0.298. The maximum atomic E-state index is 12.2. The zero-order valence-electron chi connectivity index (χ0n) is 16.6. The monoisotopic (exact) mass is 424 g/mol. The van der Waals surface area contributed by atoms with Gasteiger partial charge >= 0.3 is 5.76 Å². The molecule has 0 saturated carbocycles. The molecule has 1 aromatic heterocycles.